The second kappa shape index (κ2) is 9.10. The van der Waals surface area contributed by atoms with Crippen LogP contribution in [0.4, 0.5) is 0 Å². The van der Waals surface area contributed by atoms with Crippen LogP contribution in [0.15, 0.2) is 60.7 Å². The van der Waals surface area contributed by atoms with Crippen molar-refractivity contribution >= 4 is 6.29 Å². The number of benzene rings is 2. The average Bonchev–Trinajstić information content (AvgIpc) is 2.59. The lowest BCUT2D eigenvalue weighted by Gasteiger charge is -2.22. The van der Waals surface area contributed by atoms with Crippen LogP contribution in [0.1, 0.15) is 11.1 Å². The van der Waals surface area contributed by atoms with Gasteiger partial charge >= 0.3 is 0 Å². The van der Waals surface area contributed by atoms with Crippen LogP contribution < -0.4 is 0 Å². The maximum Gasteiger partial charge on any atom is 0.151 e. The maximum atomic E-state index is 11.2. The molecule has 116 valence electrons. The van der Waals surface area contributed by atoms with Crippen molar-refractivity contribution in [2.75, 3.05) is 6.61 Å². The molecule has 0 radical (unpaired) electrons. The van der Waals surface area contributed by atoms with E-state index >= 15 is 0 Å². The molecular weight excluding hydrogens is 280 g/mol. The molecule has 0 saturated heterocycles. The lowest BCUT2D eigenvalue weighted by atomic mass is 10.2. The Morgan fingerprint density at radius 1 is 0.864 bits per heavy atom. The van der Waals surface area contributed by atoms with Gasteiger partial charge in [0.25, 0.3) is 0 Å². The summed E-state index contributed by atoms with van der Waals surface area (Å²) in [6.07, 6.45) is -0.801. The van der Waals surface area contributed by atoms with Crippen LogP contribution >= 0.6 is 0 Å². The molecule has 0 aliphatic rings. The van der Waals surface area contributed by atoms with Crippen LogP contribution in [0.25, 0.3) is 0 Å². The Labute approximate surface area is 130 Å². The molecule has 0 bridgehead atoms. The van der Waals surface area contributed by atoms with Gasteiger partial charge in [0.05, 0.1) is 19.8 Å². The zero-order valence-corrected chi connectivity index (χ0v) is 12.3. The van der Waals surface area contributed by atoms with Crippen molar-refractivity contribution in [3.05, 3.63) is 71.8 Å². The Bertz CT molecular complexity index is 542. The molecule has 0 spiro atoms. The zero-order chi connectivity index (χ0) is 15.6. The number of aliphatic hydroxyl groups is 1. The van der Waals surface area contributed by atoms with Gasteiger partial charge in [-0.05, 0) is 11.1 Å². The fraction of sp³-hybridized carbons (Fsp3) is 0.278. The molecule has 1 N–H and O–H groups in total. The van der Waals surface area contributed by atoms with Crippen molar-refractivity contribution < 1.29 is 19.4 Å². The quantitative estimate of drug-likeness (QED) is 0.722. The number of ether oxygens (including phenoxy) is 2. The van der Waals surface area contributed by atoms with E-state index < -0.39 is 12.2 Å². The summed E-state index contributed by atoms with van der Waals surface area (Å²) in [7, 11) is 0. The molecule has 4 nitrogen and oxygen atoms in total. The number of hydrogen-bond donors (Lipinski definition) is 1. The molecule has 2 atom stereocenters. The monoisotopic (exact) mass is 300 g/mol. The van der Waals surface area contributed by atoms with Crippen LogP contribution in [-0.4, -0.2) is 30.2 Å². The highest BCUT2D eigenvalue weighted by atomic mass is 16.5. The number of aliphatic hydroxyl groups excluding tert-OH is 1. The van der Waals surface area contributed by atoms with Gasteiger partial charge in [-0.25, -0.2) is 0 Å². The predicted octanol–water partition coefficient (Wildman–Crippen LogP) is 2.35. The summed E-state index contributed by atoms with van der Waals surface area (Å²) < 4.78 is 11.2. The third-order valence-electron chi connectivity index (χ3n) is 3.27. The minimum Gasteiger partial charge on any atom is -0.394 e. The van der Waals surface area contributed by atoms with Crippen molar-refractivity contribution in [2.45, 2.75) is 25.4 Å². The molecule has 22 heavy (non-hydrogen) atoms. The average molecular weight is 300 g/mol. The summed E-state index contributed by atoms with van der Waals surface area (Å²) in [5.74, 6) is 0. The van der Waals surface area contributed by atoms with Crippen LogP contribution in [0.3, 0.4) is 0 Å². The van der Waals surface area contributed by atoms with Gasteiger partial charge in [0.2, 0.25) is 0 Å². The van der Waals surface area contributed by atoms with Crippen molar-refractivity contribution in [2.24, 2.45) is 0 Å². The second-order valence-corrected chi connectivity index (χ2v) is 4.91. The molecule has 0 heterocycles. The lowest BCUT2D eigenvalue weighted by Crippen LogP contribution is -2.35. The predicted molar refractivity (Wildman–Crippen MR) is 83.2 cm³/mol. The van der Waals surface area contributed by atoms with Gasteiger partial charge < -0.3 is 19.4 Å². The first kappa shape index (κ1) is 16.4. The van der Waals surface area contributed by atoms with E-state index in [0.717, 1.165) is 11.1 Å². The van der Waals surface area contributed by atoms with Gasteiger partial charge in [0, 0.05) is 0 Å². The number of carbonyl (C=O) groups excluding carboxylic acids is 1. The largest absolute Gasteiger partial charge is 0.394 e. The second-order valence-electron chi connectivity index (χ2n) is 4.91. The van der Waals surface area contributed by atoms with Gasteiger partial charge in [-0.15, -0.1) is 0 Å². The van der Waals surface area contributed by atoms with E-state index in [2.05, 4.69) is 0 Å². The van der Waals surface area contributed by atoms with E-state index in [-0.39, 0.29) is 6.61 Å². The Kier molecular flexibility index (Phi) is 6.77. The standard InChI is InChI=1S/C18H20O4/c19-11-17(21-13-15-7-3-1-4-8-15)18(12-20)22-14-16-9-5-2-6-10-16/h1-11,17-18,20H,12-14H2/t17-,18+/m1/s1. The number of carbonyl (C=O) groups is 1. The van der Waals surface area contributed by atoms with Crippen LogP contribution in [0.5, 0.6) is 0 Å². The third kappa shape index (κ3) is 5.07. The first-order valence-electron chi connectivity index (χ1n) is 7.20. The van der Waals surface area contributed by atoms with Crippen molar-refractivity contribution in [1.82, 2.24) is 0 Å². The van der Waals surface area contributed by atoms with E-state index in [9.17, 15) is 9.90 Å². The van der Waals surface area contributed by atoms with Crippen LogP contribution in [-0.2, 0) is 27.5 Å². The van der Waals surface area contributed by atoms with Crippen LogP contribution in [0, 0.1) is 0 Å². The lowest BCUT2D eigenvalue weighted by molar-refractivity contribution is -0.137. The molecule has 0 fully saturated rings. The molecule has 0 amide bonds. The number of aldehydes is 1. The fourth-order valence-electron chi connectivity index (χ4n) is 2.03. The summed E-state index contributed by atoms with van der Waals surface area (Å²) in [5, 5.41) is 9.44. The molecule has 0 aliphatic carbocycles. The Hall–Kier alpha value is -2.01. The SMILES string of the molecule is O=C[C@@H](OCc1ccccc1)[C@H](CO)OCc1ccccc1. The third-order valence-corrected chi connectivity index (χ3v) is 3.27. The molecule has 0 aromatic heterocycles. The first-order valence-corrected chi connectivity index (χ1v) is 7.20. The van der Waals surface area contributed by atoms with Gasteiger partial charge in [-0.1, -0.05) is 60.7 Å². The molecule has 0 unspecified atom stereocenters. The first-order chi connectivity index (χ1) is 10.8. The van der Waals surface area contributed by atoms with Crippen molar-refractivity contribution in [3.8, 4) is 0 Å². The number of rotatable bonds is 9. The van der Waals surface area contributed by atoms with E-state index in [1.807, 2.05) is 60.7 Å². The van der Waals surface area contributed by atoms with E-state index in [4.69, 9.17) is 9.47 Å². The summed E-state index contributed by atoms with van der Waals surface area (Å²) in [6.45, 7) is 0.353. The Morgan fingerprint density at radius 3 is 1.82 bits per heavy atom. The Balaban J connectivity index is 1.87. The van der Waals surface area contributed by atoms with Crippen molar-refractivity contribution in [3.63, 3.8) is 0 Å². The zero-order valence-electron chi connectivity index (χ0n) is 12.3. The molecule has 4 heteroatoms. The maximum absolute atomic E-state index is 11.2. The molecule has 2 aromatic carbocycles. The Morgan fingerprint density at radius 2 is 1.36 bits per heavy atom. The van der Waals surface area contributed by atoms with Crippen molar-refractivity contribution in [1.29, 1.82) is 0 Å². The van der Waals surface area contributed by atoms with Gasteiger partial charge in [-0.3, -0.25) is 0 Å². The molecule has 2 rings (SSSR count). The smallest absolute Gasteiger partial charge is 0.151 e. The van der Waals surface area contributed by atoms with Crippen LogP contribution in [0.2, 0.25) is 0 Å². The fourth-order valence-corrected chi connectivity index (χ4v) is 2.03. The number of hydrogen-bond acceptors (Lipinski definition) is 4. The minimum absolute atomic E-state index is 0.273. The van der Waals surface area contributed by atoms with E-state index in [1.54, 1.807) is 0 Å². The summed E-state index contributed by atoms with van der Waals surface area (Å²) in [4.78, 5) is 11.2. The van der Waals surface area contributed by atoms with E-state index in [1.165, 1.54) is 0 Å². The van der Waals surface area contributed by atoms with Gasteiger partial charge in [0.1, 0.15) is 12.2 Å². The molecular formula is C18H20O4. The molecule has 0 saturated carbocycles. The topological polar surface area (TPSA) is 55.8 Å². The van der Waals surface area contributed by atoms with Gasteiger partial charge in [-0.2, -0.15) is 0 Å². The summed E-state index contributed by atoms with van der Waals surface area (Å²) >= 11 is 0. The normalized spacial score (nSPS) is 13.5. The van der Waals surface area contributed by atoms with Gasteiger partial charge in [0.15, 0.2) is 6.29 Å². The highest BCUT2D eigenvalue weighted by molar-refractivity contribution is 5.57. The summed E-state index contributed by atoms with van der Waals surface area (Å²) in [5.41, 5.74) is 1.95. The highest BCUT2D eigenvalue weighted by Crippen LogP contribution is 2.10. The molecule has 2 aromatic rings. The molecule has 0 aliphatic heterocycles. The minimum atomic E-state index is -0.797. The van der Waals surface area contributed by atoms with E-state index in [0.29, 0.717) is 19.5 Å². The summed E-state index contributed by atoms with van der Waals surface area (Å²) in [6, 6.07) is 19.2. The highest BCUT2D eigenvalue weighted by Gasteiger charge is 2.22.